The lowest BCUT2D eigenvalue weighted by Gasteiger charge is -2.14. The highest BCUT2D eigenvalue weighted by Gasteiger charge is 2.41. The van der Waals surface area contributed by atoms with Crippen LogP contribution < -0.4 is 11.2 Å². The summed E-state index contributed by atoms with van der Waals surface area (Å²) in [7, 11) is 0. The third-order valence-corrected chi connectivity index (χ3v) is 2.52. The van der Waals surface area contributed by atoms with E-state index >= 15 is 0 Å². The van der Waals surface area contributed by atoms with Gasteiger partial charge in [0.05, 0.1) is 13.2 Å². The monoisotopic (exact) mass is 230 g/mol. The van der Waals surface area contributed by atoms with Crippen molar-refractivity contribution >= 4 is 0 Å². The molecule has 2 heterocycles. The topological polar surface area (TPSA) is 84.3 Å². The highest BCUT2D eigenvalue weighted by Crippen LogP contribution is 2.32. The van der Waals surface area contributed by atoms with Crippen molar-refractivity contribution < 1.29 is 14.2 Å². The number of rotatable bonds is 2. The van der Waals surface area contributed by atoms with Gasteiger partial charge in [0.2, 0.25) is 0 Å². The van der Waals surface area contributed by atoms with Crippen LogP contribution in [0.3, 0.4) is 0 Å². The summed E-state index contributed by atoms with van der Waals surface area (Å²) in [5.41, 5.74) is -2.99. The van der Waals surface area contributed by atoms with E-state index in [4.69, 9.17) is 9.84 Å². The van der Waals surface area contributed by atoms with Crippen LogP contribution >= 0.6 is 0 Å². The van der Waals surface area contributed by atoms with Crippen LogP contribution in [-0.4, -0.2) is 33.5 Å². The molecule has 0 aromatic carbocycles. The first-order chi connectivity index (χ1) is 7.54. The fraction of sp³-hybridized carbons (Fsp3) is 0.556. The van der Waals surface area contributed by atoms with Gasteiger partial charge in [-0.05, 0) is 0 Å². The SMILES string of the molecule is O=c1ccn(C2CC(F)(CO)CO2)c(=O)[nH]1. The fourth-order valence-electron chi connectivity index (χ4n) is 1.62. The van der Waals surface area contributed by atoms with E-state index in [0.717, 1.165) is 10.6 Å². The van der Waals surface area contributed by atoms with Crippen LogP contribution in [0.5, 0.6) is 0 Å². The molecular formula is C9H11FN2O4. The molecule has 16 heavy (non-hydrogen) atoms. The van der Waals surface area contributed by atoms with Crippen LogP contribution in [0.4, 0.5) is 4.39 Å². The molecule has 88 valence electrons. The van der Waals surface area contributed by atoms with E-state index in [1.54, 1.807) is 0 Å². The van der Waals surface area contributed by atoms with Gasteiger partial charge in [-0.3, -0.25) is 14.3 Å². The van der Waals surface area contributed by atoms with Crippen molar-refractivity contribution in [2.24, 2.45) is 0 Å². The van der Waals surface area contributed by atoms with E-state index < -0.39 is 29.8 Å². The Hall–Kier alpha value is -1.47. The molecule has 1 aromatic heterocycles. The maximum Gasteiger partial charge on any atom is 0.330 e. The van der Waals surface area contributed by atoms with E-state index in [2.05, 4.69) is 0 Å². The zero-order valence-electron chi connectivity index (χ0n) is 8.35. The van der Waals surface area contributed by atoms with Gasteiger partial charge in [-0.2, -0.15) is 0 Å². The van der Waals surface area contributed by atoms with Gasteiger partial charge in [-0.15, -0.1) is 0 Å². The number of aliphatic hydroxyl groups excluding tert-OH is 1. The Balaban J connectivity index is 2.27. The number of aromatic nitrogens is 2. The number of halogens is 1. The van der Waals surface area contributed by atoms with Crippen molar-refractivity contribution in [3.8, 4) is 0 Å². The summed E-state index contributed by atoms with van der Waals surface area (Å²) >= 11 is 0. The summed E-state index contributed by atoms with van der Waals surface area (Å²) in [4.78, 5) is 24.2. The molecule has 0 spiro atoms. The zero-order chi connectivity index (χ0) is 11.8. The Labute approximate surface area is 89.3 Å². The van der Waals surface area contributed by atoms with Gasteiger partial charge in [0.15, 0.2) is 5.67 Å². The second-order valence-corrected chi connectivity index (χ2v) is 3.80. The summed E-state index contributed by atoms with van der Waals surface area (Å²) in [5.74, 6) is 0. The molecule has 2 unspecified atom stereocenters. The maximum atomic E-state index is 13.6. The van der Waals surface area contributed by atoms with Gasteiger partial charge in [-0.25, -0.2) is 9.18 Å². The average Bonchev–Trinajstić information content (AvgIpc) is 2.62. The zero-order valence-corrected chi connectivity index (χ0v) is 8.35. The first-order valence-corrected chi connectivity index (χ1v) is 4.77. The van der Waals surface area contributed by atoms with Crippen LogP contribution in [0, 0.1) is 0 Å². The number of aliphatic hydroxyl groups is 1. The van der Waals surface area contributed by atoms with E-state index in [-0.39, 0.29) is 13.0 Å². The molecule has 1 fully saturated rings. The minimum absolute atomic E-state index is 0.116. The number of hydrogen-bond donors (Lipinski definition) is 2. The van der Waals surface area contributed by atoms with Crippen molar-refractivity contribution in [1.29, 1.82) is 0 Å². The Kier molecular flexibility index (Phi) is 2.64. The second kappa shape index (κ2) is 3.84. The lowest BCUT2D eigenvalue weighted by atomic mass is 10.1. The van der Waals surface area contributed by atoms with Crippen LogP contribution in [-0.2, 0) is 4.74 Å². The normalized spacial score (nSPS) is 29.5. The largest absolute Gasteiger partial charge is 0.393 e. The van der Waals surface area contributed by atoms with Gasteiger partial charge in [0, 0.05) is 18.7 Å². The fourth-order valence-corrected chi connectivity index (χ4v) is 1.62. The van der Waals surface area contributed by atoms with Crippen molar-refractivity contribution in [2.75, 3.05) is 13.2 Å². The third-order valence-electron chi connectivity index (χ3n) is 2.52. The molecule has 2 atom stereocenters. The van der Waals surface area contributed by atoms with Crippen LogP contribution in [0.2, 0.25) is 0 Å². The number of nitrogens with one attached hydrogen (secondary N) is 1. The average molecular weight is 230 g/mol. The minimum Gasteiger partial charge on any atom is -0.393 e. The second-order valence-electron chi connectivity index (χ2n) is 3.80. The number of H-pyrrole nitrogens is 1. The number of aromatic amines is 1. The van der Waals surface area contributed by atoms with Crippen LogP contribution in [0.1, 0.15) is 12.6 Å². The van der Waals surface area contributed by atoms with Crippen LogP contribution in [0.25, 0.3) is 0 Å². The predicted molar refractivity (Wildman–Crippen MR) is 51.9 cm³/mol. The Morgan fingerprint density at radius 2 is 2.44 bits per heavy atom. The van der Waals surface area contributed by atoms with Crippen LogP contribution in [0.15, 0.2) is 21.9 Å². The summed E-state index contributed by atoms with van der Waals surface area (Å²) < 4.78 is 19.8. The molecule has 0 amide bonds. The maximum absolute atomic E-state index is 13.6. The Morgan fingerprint density at radius 3 is 3.00 bits per heavy atom. The number of hydrogen-bond acceptors (Lipinski definition) is 4. The first-order valence-electron chi connectivity index (χ1n) is 4.77. The molecule has 0 saturated carbocycles. The highest BCUT2D eigenvalue weighted by atomic mass is 19.1. The van der Waals surface area contributed by atoms with Crippen molar-refractivity contribution in [2.45, 2.75) is 18.3 Å². The first kappa shape index (κ1) is 11.0. The van der Waals surface area contributed by atoms with Gasteiger partial charge in [0.25, 0.3) is 5.56 Å². The summed E-state index contributed by atoms with van der Waals surface area (Å²) in [6.45, 7) is -0.915. The molecule has 2 N–H and O–H groups in total. The van der Waals surface area contributed by atoms with E-state index in [1.165, 1.54) is 6.20 Å². The molecule has 1 aliphatic heterocycles. The number of ether oxygens (including phenoxy) is 1. The molecule has 6 nitrogen and oxygen atoms in total. The number of nitrogens with zero attached hydrogens (tertiary/aromatic N) is 1. The van der Waals surface area contributed by atoms with Crippen molar-refractivity contribution in [3.63, 3.8) is 0 Å². The van der Waals surface area contributed by atoms with Gasteiger partial charge in [0.1, 0.15) is 6.23 Å². The Morgan fingerprint density at radius 1 is 1.69 bits per heavy atom. The van der Waals surface area contributed by atoms with Gasteiger partial charge >= 0.3 is 5.69 Å². The molecule has 1 aliphatic rings. The standard InChI is InChI=1S/C9H11FN2O4/c10-9(4-13)3-7(16-5-9)12-2-1-6(14)11-8(12)15/h1-2,7,13H,3-5H2,(H,11,14,15). The van der Waals surface area contributed by atoms with Crippen molar-refractivity contribution in [1.82, 2.24) is 9.55 Å². The lowest BCUT2D eigenvalue weighted by molar-refractivity contribution is 0.0273. The highest BCUT2D eigenvalue weighted by molar-refractivity contribution is 4.91. The van der Waals surface area contributed by atoms with E-state index in [9.17, 15) is 14.0 Å². The van der Waals surface area contributed by atoms with E-state index in [1.807, 2.05) is 4.98 Å². The van der Waals surface area contributed by atoms with Crippen molar-refractivity contribution in [3.05, 3.63) is 33.1 Å². The minimum atomic E-state index is -1.82. The summed E-state index contributed by atoms with van der Waals surface area (Å²) in [6, 6.07) is 1.15. The number of alkyl halides is 1. The molecule has 0 radical (unpaired) electrons. The van der Waals surface area contributed by atoms with Gasteiger partial charge in [-0.1, -0.05) is 0 Å². The molecule has 2 rings (SSSR count). The smallest absolute Gasteiger partial charge is 0.330 e. The molecule has 7 heteroatoms. The molecule has 0 bridgehead atoms. The summed E-state index contributed by atoms with van der Waals surface area (Å²) in [6.07, 6.45) is 0.339. The molecule has 0 aliphatic carbocycles. The molecule has 1 saturated heterocycles. The molecule has 1 aromatic rings. The lowest BCUT2D eigenvalue weighted by Crippen LogP contribution is -2.32. The quantitative estimate of drug-likeness (QED) is 0.693. The summed E-state index contributed by atoms with van der Waals surface area (Å²) in [5, 5.41) is 8.80. The Bertz CT molecular complexity index is 497. The van der Waals surface area contributed by atoms with E-state index in [0.29, 0.717) is 0 Å². The predicted octanol–water partition coefficient (Wildman–Crippen LogP) is -0.844. The van der Waals surface area contributed by atoms with Gasteiger partial charge < -0.3 is 9.84 Å². The third kappa shape index (κ3) is 1.91. The molecular weight excluding hydrogens is 219 g/mol.